The summed E-state index contributed by atoms with van der Waals surface area (Å²) in [5.74, 6) is 0.834. The van der Waals surface area contributed by atoms with E-state index in [0.717, 1.165) is 23.4 Å². The molecule has 1 N–H and O–H groups in total. The molecule has 1 heterocycles. The standard InChI is InChI=1S/C15H20F3N3/c1-3-21-13-7-5-4-6-12(13)20-14(21)10-11(19-2)8-9-15(16,17)18/h4-7,11,19H,3,8-10H2,1-2H3. The van der Waals surface area contributed by atoms with Gasteiger partial charge in [0, 0.05) is 25.4 Å². The molecule has 0 fully saturated rings. The van der Waals surface area contributed by atoms with Crippen LogP contribution in [0.3, 0.4) is 0 Å². The number of nitrogens with zero attached hydrogens (tertiary/aromatic N) is 2. The van der Waals surface area contributed by atoms with Crippen molar-refractivity contribution in [2.45, 2.75) is 44.9 Å². The van der Waals surface area contributed by atoms with Crippen LogP contribution in [0.5, 0.6) is 0 Å². The summed E-state index contributed by atoms with van der Waals surface area (Å²) in [6.45, 7) is 2.77. The molecule has 0 saturated carbocycles. The van der Waals surface area contributed by atoms with Gasteiger partial charge in [-0.25, -0.2) is 4.98 Å². The second-order valence-corrected chi connectivity index (χ2v) is 5.10. The minimum Gasteiger partial charge on any atom is -0.328 e. The maximum atomic E-state index is 12.4. The molecule has 0 aliphatic carbocycles. The monoisotopic (exact) mass is 299 g/mol. The maximum absolute atomic E-state index is 12.4. The molecule has 0 bridgehead atoms. The topological polar surface area (TPSA) is 29.9 Å². The van der Waals surface area contributed by atoms with Gasteiger partial charge in [0.1, 0.15) is 5.82 Å². The van der Waals surface area contributed by atoms with Crippen LogP contribution in [0.25, 0.3) is 11.0 Å². The number of alkyl halides is 3. The van der Waals surface area contributed by atoms with E-state index in [9.17, 15) is 13.2 Å². The third-order valence-electron chi connectivity index (χ3n) is 3.66. The molecule has 1 aromatic carbocycles. The van der Waals surface area contributed by atoms with Gasteiger partial charge in [0.05, 0.1) is 11.0 Å². The van der Waals surface area contributed by atoms with Crippen LogP contribution < -0.4 is 5.32 Å². The highest BCUT2D eigenvalue weighted by Gasteiger charge is 2.28. The number of benzene rings is 1. The number of hydrogen-bond acceptors (Lipinski definition) is 2. The van der Waals surface area contributed by atoms with Crippen molar-refractivity contribution in [1.82, 2.24) is 14.9 Å². The zero-order valence-corrected chi connectivity index (χ0v) is 12.2. The van der Waals surface area contributed by atoms with Crippen LogP contribution in [0.4, 0.5) is 13.2 Å². The number of fused-ring (bicyclic) bond motifs is 1. The Morgan fingerprint density at radius 1 is 1.29 bits per heavy atom. The van der Waals surface area contributed by atoms with Crippen molar-refractivity contribution in [3.8, 4) is 0 Å². The molecule has 1 unspecified atom stereocenters. The molecular formula is C15H20F3N3. The summed E-state index contributed by atoms with van der Waals surface area (Å²) in [5, 5.41) is 2.97. The van der Waals surface area contributed by atoms with Crippen molar-refractivity contribution in [3.63, 3.8) is 0 Å². The molecule has 1 aromatic heterocycles. The van der Waals surface area contributed by atoms with Crippen molar-refractivity contribution in [2.24, 2.45) is 0 Å². The summed E-state index contributed by atoms with van der Waals surface area (Å²) in [6, 6.07) is 7.54. The van der Waals surface area contributed by atoms with E-state index in [1.165, 1.54) is 0 Å². The molecule has 2 aromatic rings. The number of halogens is 3. The van der Waals surface area contributed by atoms with Gasteiger partial charge in [0.25, 0.3) is 0 Å². The predicted molar refractivity (Wildman–Crippen MR) is 77.2 cm³/mol. The van der Waals surface area contributed by atoms with Crippen molar-refractivity contribution in [1.29, 1.82) is 0 Å². The highest BCUT2D eigenvalue weighted by atomic mass is 19.4. The summed E-state index contributed by atoms with van der Waals surface area (Å²) < 4.78 is 39.1. The number of hydrogen-bond donors (Lipinski definition) is 1. The Balaban J connectivity index is 2.17. The third kappa shape index (κ3) is 3.97. The zero-order chi connectivity index (χ0) is 15.5. The minimum absolute atomic E-state index is 0.0624. The lowest BCUT2D eigenvalue weighted by molar-refractivity contribution is -0.136. The molecule has 0 aliphatic rings. The molecule has 3 nitrogen and oxygen atoms in total. The van der Waals surface area contributed by atoms with E-state index in [1.807, 2.05) is 31.2 Å². The number of para-hydroxylation sites is 2. The fraction of sp³-hybridized carbons (Fsp3) is 0.533. The van der Waals surface area contributed by atoms with E-state index >= 15 is 0 Å². The fourth-order valence-electron chi connectivity index (χ4n) is 2.54. The Morgan fingerprint density at radius 3 is 2.62 bits per heavy atom. The average Bonchev–Trinajstić information content (AvgIpc) is 2.79. The van der Waals surface area contributed by atoms with Crippen molar-refractivity contribution < 1.29 is 13.2 Å². The van der Waals surface area contributed by atoms with Gasteiger partial charge in [-0.15, -0.1) is 0 Å². The third-order valence-corrected chi connectivity index (χ3v) is 3.66. The molecule has 116 valence electrons. The molecule has 0 radical (unpaired) electrons. The predicted octanol–water partition coefficient (Wildman–Crippen LogP) is 3.53. The van der Waals surface area contributed by atoms with E-state index in [0.29, 0.717) is 6.42 Å². The molecule has 6 heteroatoms. The second kappa shape index (κ2) is 6.47. The Kier molecular flexibility index (Phi) is 4.88. The fourth-order valence-corrected chi connectivity index (χ4v) is 2.54. The molecule has 0 amide bonds. The van der Waals surface area contributed by atoms with E-state index in [4.69, 9.17) is 0 Å². The van der Waals surface area contributed by atoms with Gasteiger partial charge in [-0.05, 0) is 32.5 Å². The number of aryl methyl sites for hydroxylation is 1. The van der Waals surface area contributed by atoms with Gasteiger partial charge < -0.3 is 9.88 Å². The Hall–Kier alpha value is -1.56. The first-order valence-corrected chi connectivity index (χ1v) is 7.12. The van der Waals surface area contributed by atoms with E-state index in [2.05, 4.69) is 14.9 Å². The lowest BCUT2D eigenvalue weighted by Gasteiger charge is -2.17. The largest absolute Gasteiger partial charge is 0.389 e. The summed E-state index contributed by atoms with van der Waals surface area (Å²) in [5.41, 5.74) is 1.92. The molecule has 0 aliphatic heterocycles. The number of rotatable bonds is 6. The molecule has 1 atom stereocenters. The number of likely N-dealkylation sites (N-methyl/N-ethyl adjacent to an activating group) is 1. The average molecular weight is 299 g/mol. The van der Waals surface area contributed by atoms with Crippen LogP contribution in [0.1, 0.15) is 25.6 Å². The molecule has 2 rings (SSSR count). The Bertz CT molecular complexity index is 589. The summed E-state index contributed by atoms with van der Waals surface area (Å²) in [4.78, 5) is 4.56. The SMILES string of the molecule is CCn1c(CC(CCC(F)(F)F)NC)nc2ccccc21. The summed E-state index contributed by atoms with van der Waals surface area (Å²) in [7, 11) is 1.69. The van der Waals surface area contributed by atoms with Gasteiger partial charge in [-0.2, -0.15) is 13.2 Å². The van der Waals surface area contributed by atoms with Crippen LogP contribution in [-0.2, 0) is 13.0 Å². The second-order valence-electron chi connectivity index (χ2n) is 5.10. The number of imidazole rings is 1. The zero-order valence-electron chi connectivity index (χ0n) is 12.2. The van der Waals surface area contributed by atoms with Gasteiger partial charge in [-0.1, -0.05) is 12.1 Å². The molecule has 21 heavy (non-hydrogen) atoms. The first-order chi connectivity index (χ1) is 9.94. The Morgan fingerprint density at radius 2 is 2.00 bits per heavy atom. The van der Waals surface area contributed by atoms with Crippen molar-refractivity contribution in [3.05, 3.63) is 30.1 Å². The van der Waals surface area contributed by atoms with Crippen molar-refractivity contribution >= 4 is 11.0 Å². The minimum atomic E-state index is -4.11. The first kappa shape index (κ1) is 15.8. The highest BCUT2D eigenvalue weighted by Crippen LogP contribution is 2.24. The number of aromatic nitrogens is 2. The maximum Gasteiger partial charge on any atom is 0.389 e. The van der Waals surface area contributed by atoms with Crippen LogP contribution in [0, 0.1) is 0 Å². The van der Waals surface area contributed by atoms with E-state index in [-0.39, 0.29) is 12.5 Å². The molecular weight excluding hydrogens is 279 g/mol. The molecule has 0 saturated heterocycles. The number of nitrogens with one attached hydrogen (secondary N) is 1. The van der Waals surface area contributed by atoms with E-state index < -0.39 is 12.6 Å². The van der Waals surface area contributed by atoms with Crippen LogP contribution in [-0.4, -0.2) is 28.8 Å². The summed E-state index contributed by atoms with van der Waals surface area (Å²) >= 11 is 0. The summed E-state index contributed by atoms with van der Waals surface area (Å²) in [6.07, 6.45) is -4.33. The van der Waals surface area contributed by atoms with Crippen LogP contribution in [0.2, 0.25) is 0 Å². The smallest absolute Gasteiger partial charge is 0.328 e. The van der Waals surface area contributed by atoms with Gasteiger partial charge in [-0.3, -0.25) is 0 Å². The van der Waals surface area contributed by atoms with Gasteiger partial charge in [0.2, 0.25) is 0 Å². The first-order valence-electron chi connectivity index (χ1n) is 7.12. The van der Waals surface area contributed by atoms with Gasteiger partial charge in [0.15, 0.2) is 0 Å². The lowest BCUT2D eigenvalue weighted by Crippen LogP contribution is -2.30. The van der Waals surface area contributed by atoms with Crippen LogP contribution in [0.15, 0.2) is 24.3 Å². The van der Waals surface area contributed by atoms with Crippen LogP contribution >= 0.6 is 0 Å². The lowest BCUT2D eigenvalue weighted by atomic mass is 10.1. The quantitative estimate of drug-likeness (QED) is 0.884. The normalized spacial score (nSPS) is 13.8. The Labute approximate surface area is 122 Å². The van der Waals surface area contributed by atoms with Gasteiger partial charge >= 0.3 is 6.18 Å². The molecule has 0 spiro atoms. The van der Waals surface area contributed by atoms with E-state index in [1.54, 1.807) is 7.05 Å². The van der Waals surface area contributed by atoms with Crippen molar-refractivity contribution in [2.75, 3.05) is 7.05 Å². The highest BCUT2D eigenvalue weighted by molar-refractivity contribution is 5.75.